The molecule has 144 valence electrons. The molecule has 4 rings (SSSR count). The second-order valence-electron chi connectivity index (χ2n) is 6.87. The molecule has 0 spiro atoms. The van der Waals surface area contributed by atoms with Crippen molar-refractivity contribution in [1.29, 1.82) is 0 Å². The van der Waals surface area contributed by atoms with Crippen molar-refractivity contribution in [3.63, 3.8) is 0 Å². The van der Waals surface area contributed by atoms with E-state index in [4.69, 9.17) is 9.15 Å². The van der Waals surface area contributed by atoms with Gasteiger partial charge in [0, 0.05) is 23.6 Å². The van der Waals surface area contributed by atoms with Gasteiger partial charge in [0.1, 0.15) is 17.1 Å². The summed E-state index contributed by atoms with van der Waals surface area (Å²) in [5.74, 6) is -0.0581. The molecule has 0 aliphatic heterocycles. The topological polar surface area (TPSA) is 68.5 Å². The predicted octanol–water partition coefficient (Wildman–Crippen LogP) is 3.16. The molecule has 1 aliphatic carbocycles. The number of aryl methyl sites for hydroxylation is 1. The van der Waals surface area contributed by atoms with E-state index < -0.39 is 0 Å². The third-order valence-electron chi connectivity index (χ3n) is 4.96. The van der Waals surface area contributed by atoms with Gasteiger partial charge in [0.15, 0.2) is 6.61 Å². The SMILES string of the molecule is O=C(COc1ccc2c3c(c(=O)oc2c1)CCC3)NCCc1ccc(F)cc1. The molecule has 0 bridgehead atoms. The second kappa shape index (κ2) is 7.84. The van der Waals surface area contributed by atoms with E-state index in [9.17, 15) is 14.0 Å². The van der Waals surface area contributed by atoms with Crippen LogP contribution in [0, 0.1) is 5.82 Å². The lowest BCUT2D eigenvalue weighted by Crippen LogP contribution is -2.30. The number of rotatable bonds is 6. The maximum atomic E-state index is 12.9. The summed E-state index contributed by atoms with van der Waals surface area (Å²) in [6.45, 7) is 0.302. The monoisotopic (exact) mass is 381 g/mol. The van der Waals surface area contributed by atoms with Crippen molar-refractivity contribution in [3.05, 3.63) is 75.4 Å². The fourth-order valence-corrected chi connectivity index (χ4v) is 3.55. The van der Waals surface area contributed by atoms with E-state index in [0.717, 1.165) is 41.3 Å². The number of carbonyl (C=O) groups excluding carboxylic acids is 1. The van der Waals surface area contributed by atoms with Crippen LogP contribution < -0.4 is 15.7 Å². The molecule has 0 unspecified atom stereocenters. The standard InChI is InChI=1S/C22H20FNO4/c23-15-6-4-14(5-7-15)10-11-24-21(25)13-27-16-8-9-18-17-2-1-3-19(17)22(26)28-20(18)12-16/h4-9,12H,1-3,10-11,13H2,(H,24,25). The largest absolute Gasteiger partial charge is 0.484 e. The van der Waals surface area contributed by atoms with E-state index >= 15 is 0 Å². The lowest BCUT2D eigenvalue weighted by atomic mass is 10.1. The fourth-order valence-electron chi connectivity index (χ4n) is 3.55. The first-order chi connectivity index (χ1) is 13.6. The highest BCUT2D eigenvalue weighted by Crippen LogP contribution is 2.29. The van der Waals surface area contributed by atoms with E-state index in [1.165, 1.54) is 12.1 Å². The van der Waals surface area contributed by atoms with Gasteiger partial charge >= 0.3 is 5.63 Å². The molecule has 1 aliphatic rings. The number of carbonyl (C=O) groups is 1. The van der Waals surface area contributed by atoms with Gasteiger partial charge < -0.3 is 14.5 Å². The van der Waals surface area contributed by atoms with Gasteiger partial charge in [-0.05, 0) is 61.1 Å². The van der Waals surface area contributed by atoms with E-state index in [1.54, 1.807) is 24.3 Å². The zero-order chi connectivity index (χ0) is 19.5. The van der Waals surface area contributed by atoms with Gasteiger partial charge in [-0.15, -0.1) is 0 Å². The molecule has 0 fully saturated rings. The summed E-state index contributed by atoms with van der Waals surface area (Å²) in [7, 11) is 0. The number of halogens is 1. The Bertz CT molecular complexity index is 1070. The predicted molar refractivity (Wildman–Crippen MR) is 103 cm³/mol. The first-order valence-corrected chi connectivity index (χ1v) is 9.33. The maximum Gasteiger partial charge on any atom is 0.339 e. The van der Waals surface area contributed by atoms with Crippen molar-refractivity contribution in [3.8, 4) is 5.75 Å². The van der Waals surface area contributed by atoms with Gasteiger partial charge in [-0.2, -0.15) is 0 Å². The normalized spacial score (nSPS) is 12.8. The highest BCUT2D eigenvalue weighted by Gasteiger charge is 2.19. The van der Waals surface area contributed by atoms with Gasteiger partial charge in [0.25, 0.3) is 5.91 Å². The molecule has 1 amide bonds. The molecule has 0 radical (unpaired) electrons. The molecular weight excluding hydrogens is 361 g/mol. The molecule has 6 heteroatoms. The van der Waals surface area contributed by atoms with Gasteiger partial charge in [-0.1, -0.05) is 12.1 Å². The Kier molecular flexibility index (Phi) is 5.10. The molecule has 3 aromatic rings. The van der Waals surface area contributed by atoms with Crippen molar-refractivity contribution in [1.82, 2.24) is 5.32 Å². The summed E-state index contributed by atoms with van der Waals surface area (Å²) in [4.78, 5) is 24.0. The molecule has 1 heterocycles. The highest BCUT2D eigenvalue weighted by molar-refractivity contribution is 5.83. The van der Waals surface area contributed by atoms with Gasteiger partial charge in [0.2, 0.25) is 0 Å². The van der Waals surface area contributed by atoms with Crippen molar-refractivity contribution in [2.75, 3.05) is 13.2 Å². The summed E-state index contributed by atoms with van der Waals surface area (Å²) in [6, 6.07) is 11.5. The molecule has 0 atom stereocenters. The Labute approximate surface area is 161 Å². The first kappa shape index (κ1) is 18.2. The van der Waals surface area contributed by atoms with Crippen LogP contribution in [0.4, 0.5) is 4.39 Å². The minimum Gasteiger partial charge on any atom is -0.484 e. The third kappa shape index (κ3) is 3.91. The van der Waals surface area contributed by atoms with Crippen LogP contribution in [0.15, 0.2) is 51.7 Å². The summed E-state index contributed by atoms with van der Waals surface area (Å²) >= 11 is 0. The molecule has 5 nitrogen and oxygen atoms in total. The number of nitrogens with one attached hydrogen (secondary N) is 1. The van der Waals surface area contributed by atoms with Crippen molar-refractivity contribution in [2.24, 2.45) is 0 Å². The van der Waals surface area contributed by atoms with Crippen molar-refractivity contribution >= 4 is 16.9 Å². The van der Waals surface area contributed by atoms with E-state index in [-0.39, 0.29) is 24.0 Å². The summed E-state index contributed by atoms with van der Waals surface area (Å²) in [5.41, 5.74) is 2.99. The Hall–Kier alpha value is -3.15. The quantitative estimate of drug-likeness (QED) is 0.666. The maximum absolute atomic E-state index is 12.9. The third-order valence-corrected chi connectivity index (χ3v) is 4.96. The van der Waals surface area contributed by atoms with Crippen LogP contribution in [0.3, 0.4) is 0 Å². The summed E-state index contributed by atoms with van der Waals surface area (Å²) < 4.78 is 23.8. The molecule has 1 aromatic heterocycles. The number of hydrogen-bond acceptors (Lipinski definition) is 4. The smallest absolute Gasteiger partial charge is 0.339 e. The average molecular weight is 381 g/mol. The van der Waals surface area contributed by atoms with E-state index in [1.807, 2.05) is 6.07 Å². The van der Waals surface area contributed by atoms with E-state index in [2.05, 4.69) is 5.32 Å². The van der Waals surface area contributed by atoms with Crippen molar-refractivity contribution in [2.45, 2.75) is 25.7 Å². The molecule has 1 N–H and O–H groups in total. The van der Waals surface area contributed by atoms with Gasteiger partial charge in [0.05, 0.1) is 0 Å². The Balaban J connectivity index is 1.33. The van der Waals surface area contributed by atoms with Crippen LogP contribution in [0.1, 0.15) is 23.1 Å². The Morgan fingerprint density at radius 1 is 1.11 bits per heavy atom. The Morgan fingerprint density at radius 2 is 1.89 bits per heavy atom. The molecule has 28 heavy (non-hydrogen) atoms. The lowest BCUT2D eigenvalue weighted by molar-refractivity contribution is -0.123. The zero-order valence-electron chi connectivity index (χ0n) is 15.3. The number of hydrogen-bond donors (Lipinski definition) is 1. The number of amides is 1. The minimum atomic E-state index is -0.282. The van der Waals surface area contributed by atoms with Crippen LogP contribution in [-0.4, -0.2) is 19.1 Å². The minimum absolute atomic E-state index is 0.135. The Morgan fingerprint density at radius 3 is 2.71 bits per heavy atom. The zero-order valence-corrected chi connectivity index (χ0v) is 15.3. The van der Waals surface area contributed by atoms with Crippen LogP contribution in [0.2, 0.25) is 0 Å². The molecule has 0 saturated heterocycles. The van der Waals surface area contributed by atoms with E-state index in [0.29, 0.717) is 24.3 Å². The van der Waals surface area contributed by atoms with Crippen LogP contribution in [0.5, 0.6) is 5.75 Å². The highest BCUT2D eigenvalue weighted by atomic mass is 19.1. The van der Waals surface area contributed by atoms with Gasteiger partial charge in [-0.3, -0.25) is 4.79 Å². The average Bonchev–Trinajstić information content (AvgIpc) is 3.19. The van der Waals surface area contributed by atoms with Crippen LogP contribution in [-0.2, 0) is 24.1 Å². The molecular formula is C22H20FNO4. The fraction of sp³-hybridized carbons (Fsp3) is 0.273. The van der Waals surface area contributed by atoms with Crippen molar-refractivity contribution < 1.29 is 18.3 Å². The van der Waals surface area contributed by atoms with Crippen LogP contribution >= 0.6 is 0 Å². The second-order valence-corrected chi connectivity index (χ2v) is 6.87. The lowest BCUT2D eigenvalue weighted by Gasteiger charge is -2.09. The van der Waals surface area contributed by atoms with Gasteiger partial charge in [-0.25, -0.2) is 9.18 Å². The first-order valence-electron chi connectivity index (χ1n) is 9.33. The number of fused-ring (bicyclic) bond motifs is 3. The molecule has 2 aromatic carbocycles. The number of ether oxygens (including phenoxy) is 1. The van der Waals surface area contributed by atoms with Crippen LogP contribution in [0.25, 0.3) is 11.0 Å². The number of benzene rings is 2. The summed E-state index contributed by atoms with van der Waals surface area (Å²) in [5, 5.41) is 3.70. The summed E-state index contributed by atoms with van der Waals surface area (Å²) in [6.07, 6.45) is 3.23. The molecule has 0 saturated carbocycles.